The summed E-state index contributed by atoms with van der Waals surface area (Å²) >= 11 is 6.23. The summed E-state index contributed by atoms with van der Waals surface area (Å²) in [5.41, 5.74) is 1.42. The zero-order chi connectivity index (χ0) is 18.6. The standard InChI is InChI=1S/C20H19ClN4O2/c21-17-6-2-1-4-14(17)10-16-11-23-19(27-16)15-5-3-9-25(12-15)20(26)18-7-8-22-13-24-18/h1-2,4,6-8,11,13,15H,3,5,9-10,12H2. The summed E-state index contributed by atoms with van der Waals surface area (Å²) in [5, 5.41) is 0.717. The molecule has 1 fully saturated rings. The normalized spacial score (nSPS) is 17.1. The van der Waals surface area contributed by atoms with Crippen molar-refractivity contribution in [3.8, 4) is 0 Å². The van der Waals surface area contributed by atoms with Gasteiger partial charge in [0, 0.05) is 30.7 Å². The Labute approximate surface area is 162 Å². The van der Waals surface area contributed by atoms with Gasteiger partial charge < -0.3 is 9.32 Å². The van der Waals surface area contributed by atoms with Gasteiger partial charge in [0.2, 0.25) is 0 Å². The number of hydrogen-bond donors (Lipinski definition) is 0. The lowest BCUT2D eigenvalue weighted by molar-refractivity contribution is 0.0691. The quantitative estimate of drug-likeness (QED) is 0.687. The largest absolute Gasteiger partial charge is 0.445 e. The Balaban J connectivity index is 1.45. The lowest BCUT2D eigenvalue weighted by Crippen LogP contribution is -2.39. The molecule has 0 spiro atoms. The maximum absolute atomic E-state index is 12.6. The molecule has 0 saturated carbocycles. The minimum Gasteiger partial charge on any atom is -0.445 e. The number of aromatic nitrogens is 3. The van der Waals surface area contributed by atoms with E-state index in [1.54, 1.807) is 18.5 Å². The lowest BCUT2D eigenvalue weighted by Gasteiger charge is -2.31. The molecule has 1 aromatic carbocycles. The van der Waals surface area contributed by atoms with Crippen molar-refractivity contribution >= 4 is 17.5 Å². The number of piperidine rings is 1. The van der Waals surface area contributed by atoms with Gasteiger partial charge in [0.05, 0.1) is 12.1 Å². The Morgan fingerprint density at radius 1 is 1.26 bits per heavy atom. The topological polar surface area (TPSA) is 72.1 Å². The molecule has 0 bridgehead atoms. The summed E-state index contributed by atoms with van der Waals surface area (Å²) in [6.07, 6.45) is 7.18. The number of carbonyl (C=O) groups is 1. The van der Waals surface area contributed by atoms with Crippen molar-refractivity contribution in [2.24, 2.45) is 0 Å². The van der Waals surface area contributed by atoms with Crippen LogP contribution in [0.4, 0.5) is 0 Å². The van der Waals surface area contributed by atoms with Gasteiger partial charge in [-0.2, -0.15) is 0 Å². The van der Waals surface area contributed by atoms with E-state index in [4.69, 9.17) is 16.0 Å². The van der Waals surface area contributed by atoms with Gasteiger partial charge in [-0.25, -0.2) is 15.0 Å². The first-order chi connectivity index (χ1) is 13.2. The van der Waals surface area contributed by atoms with E-state index in [9.17, 15) is 4.79 Å². The van der Waals surface area contributed by atoms with Crippen LogP contribution in [0.2, 0.25) is 5.02 Å². The van der Waals surface area contributed by atoms with Crippen LogP contribution in [-0.2, 0) is 6.42 Å². The van der Waals surface area contributed by atoms with Gasteiger partial charge in [-0.1, -0.05) is 29.8 Å². The fourth-order valence-electron chi connectivity index (χ4n) is 3.36. The molecule has 1 aliphatic rings. The Hall–Kier alpha value is -2.73. The van der Waals surface area contributed by atoms with Crippen molar-refractivity contribution < 1.29 is 9.21 Å². The first-order valence-electron chi connectivity index (χ1n) is 8.94. The molecule has 138 valence electrons. The Bertz CT molecular complexity index is 928. The van der Waals surface area contributed by atoms with Crippen LogP contribution in [0, 0.1) is 0 Å². The number of hydrogen-bond acceptors (Lipinski definition) is 5. The molecule has 7 heteroatoms. The number of rotatable bonds is 4. The third kappa shape index (κ3) is 4.01. The van der Waals surface area contributed by atoms with Crippen molar-refractivity contribution in [2.45, 2.75) is 25.2 Å². The van der Waals surface area contributed by atoms with E-state index >= 15 is 0 Å². The van der Waals surface area contributed by atoms with E-state index in [1.165, 1.54) is 6.33 Å². The monoisotopic (exact) mass is 382 g/mol. The summed E-state index contributed by atoms with van der Waals surface area (Å²) in [7, 11) is 0. The minimum absolute atomic E-state index is 0.0788. The van der Waals surface area contributed by atoms with E-state index in [0.717, 1.165) is 29.2 Å². The van der Waals surface area contributed by atoms with Crippen molar-refractivity contribution in [1.82, 2.24) is 19.9 Å². The summed E-state index contributed by atoms with van der Waals surface area (Å²) in [4.78, 5) is 26.8. The smallest absolute Gasteiger partial charge is 0.272 e. The van der Waals surface area contributed by atoms with Gasteiger partial charge in [-0.15, -0.1) is 0 Å². The zero-order valence-corrected chi connectivity index (χ0v) is 15.5. The van der Waals surface area contributed by atoms with Crippen molar-refractivity contribution in [3.63, 3.8) is 0 Å². The fraction of sp³-hybridized carbons (Fsp3) is 0.300. The third-order valence-corrected chi connectivity index (χ3v) is 5.12. The molecule has 1 aliphatic heterocycles. The second-order valence-electron chi connectivity index (χ2n) is 6.62. The van der Waals surface area contributed by atoms with Crippen molar-refractivity contribution in [3.05, 3.63) is 77.0 Å². The van der Waals surface area contributed by atoms with Crippen LogP contribution in [0.25, 0.3) is 0 Å². The highest BCUT2D eigenvalue weighted by atomic mass is 35.5. The van der Waals surface area contributed by atoms with Crippen LogP contribution in [0.15, 0.2) is 53.5 Å². The maximum atomic E-state index is 12.6. The number of benzene rings is 1. The van der Waals surface area contributed by atoms with Crippen molar-refractivity contribution in [1.29, 1.82) is 0 Å². The molecule has 1 amide bonds. The van der Waals surface area contributed by atoms with E-state index in [0.29, 0.717) is 31.1 Å². The van der Waals surface area contributed by atoms with Crippen molar-refractivity contribution in [2.75, 3.05) is 13.1 Å². The molecular formula is C20H19ClN4O2. The van der Waals surface area contributed by atoms with Gasteiger partial charge in [-0.05, 0) is 30.5 Å². The van der Waals surface area contributed by atoms with Gasteiger partial charge in [0.25, 0.3) is 5.91 Å². The molecule has 27 heavy (non-hydrogen) atoms. The molecule has 3 heterocycles. The third-order valence-electron chi connectivity index (χ3n) is 4.75. The predicted octanol–water partition coefficient (Wildman–Crippen LogP) is 3.73. The predicted molar refractivity (Wildman–Crippen MR) is 101 cm³/mol. The second-order valence-corrected chi connectivity index (χ2v) is 7.03. The lowest BCUT2D eigenvalue weighted by atomic mass is 9.97. The first-order valence-corrected chi connectivity index (χ1v) is 9.32. The SMILES string of the molecule is O=C(c1ccncn1)N1CCCC(c2ncc(Cc3ccccc3Cl)o2)C1. The van der Waals surface area contributed by atoms with Crippen LogP contribution in [0.5, 0.6) is 0 Å². The molecule has 2 aromatic heterocycles. The van der Waals surface area contributed by atoms with Gasteiger partial charge in [0.1, 0.15) is 17.8 Å². The number of amides is 1. The Morgan fingerprint density at radius 3 is 2.96 bits per heavy atom. The number of oxazole rings is 1. The molecule has 0 N–H and O–H groups in total. The van der Waals surface area contributed by atoms with Crippen LogP contribution in [0.1, 0.15) is 46.5 Å². The summed E-state index contributed by atoms with van der Waals surface area (Å²) in [5.74, 6) is 1.46. The van der Waals surface area contributed by atoms with E-state index in [-0.39, 0.29) is 11.8 Å². The van der Waals surface area contributed by atoms with Crippen LogP contribution in [0.3, 0.4) is 0 Å². The maximum Gasteiger partial charge on any atom is 0.272 e. The highest BCUT2D eigenvalue weighted by Gasteiger charge is 2.28. The molecule has 6 nitrogen and oxygen atoms in total. The summed E-state index contributed by atoms with van der Waals surface area (Å²) in [6.45, 7) is 1.29. The molecule has 0 aliphatic carbocycles. The molecule has 3 aromatic rings. The minimum atomic E-state index is -0.0788. The average Bonchev–Trinajstić information content (AvgIpc) is 3.19. The highest BCUT2D eigenvalue weighted by molar-refractivity contribution is 6.31. The van der Waals surface area contributed by atoms with Gasteiger partial charge >= 0.3 is 0 Å². The number of halogens is 1. The average molecular weight is 383 g/mol. The molecule has 1 unspecified atom stereocenters. The number of likely N-dealkylation sites (tertiary alicyclic amines) is 1. The summed E-state index contributed by atoms with van der Waals surface area (Å²) < 4.78 is 5.98. The second kappa shape index (κ2) is 7.88. The van der Waals surface area contributed by atoms with E-state index in [2.05, 4.69) is 15.0 Å². The van der Waals surface area contributed by atoms with Gasteiger partial charge in [0.15, 0.2) is 5.89 Å². The zero-order valence-electron chi connectivity index (χ0n) is 14.7. The Kier molecular flexibility index (Phi) is 5.16. The van der Waals surface area contributed by atoms with Gasteiger partial charge in [-0.3, -0.25) is 4.79 Å². The van der Waals surface area contributed by atoms with E-state index in [1.807, 2.05) is 29.2 Å². The Morgan fingerprint density at radius 2 is 2.15 bits per heavy atom. The first kappa shape index (κ1) is 17.7. The summed E-state index contributed by atoms with van der Waals surface area (Å²) in [6, 6.07) is 9.34. The molecular weight excluding hydrogens is 364 g/mol. The van der Waals surface area contributed by atoms with Crippen LogP contribution >= 0.6 is 11.6 Å². The number of nitrogens with zero attached hydrogens (tertiary/aromatic N) is 4. The van der Waals surface area contributed by atoms with Crippen LogP contribution < -0.4 is 0 Å². The number of carbonyl (C=O) groups excluding carboxylic acids is 1. The molecule has 4 rings (SSSR count). The van der Waals surface area contributed by atoms with E-state index < -0.39 is 0 Å². The van der Waals surface area contributed by atoms with Crippen LogP contribution in [-0.4, -0.2) is 38.8 Å². The molecule has 0 radical (unpaired) electrons. The highest BCUT2D eigenvalue weighted by Crippen LogP contribution is 2.28. The fourth-order valence-corrected chi connectivity index (χ4v) is 3.57. The molecule has 1 atom stereocenters. The molecule has 1 saturated heterocycles.